The molecule has 1 aliphatic heterocycles. The van der Waals surface area contributed by atoms with E-state index in [9.17, 15) is 4.79 Å². The van der Waals surface area contributed by atoms with Crippen molar-refractivity contribution in [2.75, 3.05) is 16.8 Å². The number of benzene rings is 1. The van der Waals surface area contributed by atoms with E-state index in [1.54, 1.807) is 12.4 Å². The number of carbonyl (C=O) groups is 1. The fourth-order valence-corrected chi connectivity index (χ4v) is 2.92. The third-order valence-corrected chi connectivity index (χ3v) is 4.37. The van der Waals surface area contributed by atoms with Crippen LogP contribution in [0.5, 0.6) is 0 Å². The van der Waals surface area contributed by atoms with Crippen molar-refractivity contribution >= 4 is 17.3 Å². The van der Waals surface area contributed by atoms with Crippen LogP contribution in [0.4, 0.5) is 11.4 Å². The smallest absolute Gasteiger partial charge is 0.259 e. The molecule has 0 bridgehead atoms. The number of nitrogens with zero attached hydrogens (tertiary/aromatic N) is 2. The van der Waals surface area contributed by atoms with Gasteiger partial charge in [-0.3, -0.25) is 9.78 Å². The fraction of sp³-hybridized carbons (Fsp3) is 0.368. The predicted octanol–water partition coefficient (Wildman–Crippen LogP) is 3.89. The maximum Gasteiger partial charge on any atom is 0.259 e. The fourth-order valence-electron chi connectivity index (χ4n) is 2.92. The van der Waals surface area contributed by atoms with Crippen molar-refractivity contribution in [3.8, 4) is 0 Å². The normalized spacial score (nSPS) is 15.0. The van der Waals surface area contributed by atoms with Crippen molar-refractivity contribution in [2.24, 2.45) is 0 Å². The Morgan fingerprint density at radius 2 is 2.17 bits per heavy atom. The second-order valence-electron chi connectivity index (χ2n) is 6.10. The summed E-state index contributed by atoms with van der Waals surface area (Å²) in [7, 11) is 0. The van der Waals surface area contributed by atoms with Crippen LogP contribution in [0.1, 0.15) is 42.6 Å². The lowest BCUT2D eigenvalue weighted by atomic mass is 10.0. The molecule has 2 heterocycles. The Balaban J connectivity index is 1.85. The Morgan fingerprint density at radius 1 is 1.35 bits per heavy atom. The number of fused-ring (bicyclic) bond motifs is 1. The van der Waals surface area contributed by atoms with Crippen molar-refractivity contribution in [3.05, 3.63) is 53.9 Å². The van der Waals surface area contributed by atoms with Crippen LogP contribution in [0, 0.1) is 0 Å². The number of carbonyl (C=O) groups excluding carboxylic acids is 1. The molecule has 1 amide bonds. The number of hydrogen-bond donors (Lipinski definition) is 1. The van der Waals surface area contributed by atoms with E-state index in [4.69, 9.17) is 0 Å². The van der Waals surface area contributed by atoms with Crippen LogP contribution in [-0.2, 0) is 6.42 Å². The van der Waals surface area contributed by atoms with Crippen LogP contribution in [-0.4, -0.2) is 23.5 Å². The van der Waals surface area contributed by atoms with Crippen molar-refractivity contribution in [1.29, 1.82) is 0 Å². The van der Waals surface area contributed by atoms with Crippen LogP contribution >= 0.6 is 0 Å². The van der Waals surface area contributed by atoms with Crippen molar-refractivity contribution in [1.82, 2.24) is 4.98 Å². The molecule has 0 radical (unpaired) electrons. The molecule has 1 unspecified atom stereocenters. The van der Waals surface area contributed by atoms with Gasteiger partial charge in [-0.2, -0.15) is 0 Å². The van der Waals surface area contributed by atoms with E-state index in [1.807, 2.05) is 29.2 Å². The number of para-hydroxylation sites is 1. The molecule has 1 aromatic heterocycles. The molecule has 1 aromatic carbocycles. The lowest BCUT2D eigenvalue weighted by molar-refractivity contribution is 0.0985. The van der Waals surface area contributed by atoms with Crippen LogP contribution in [0.15, 0.2) is 42.7 Å². The highest BCUT2D eigenvalue weighted by Gasteiger charge is 2.23. The van der Waals surface area contributed by atoms with Gasteiger partial charge in [0.05, 0.1) is 11.3 Å². The number of amides is 1. The zero-order valence-electron chi connectivity index (χ0n) is 13.7. The quantitative estimate of drug-likeness (QED) is 0.932. The van der Waals surface area contributed by atoms with Crippen LogP contribution in [0.25, 0.3) is 0 Å². The van der Waals surface area contributed by atoms with Crippen molar-refractivity contribution < 1.29 is 4.79 Å². The lowest BCUT2D eigenvalue weighted by Crippen LogP contribution is -2.35. The van der Waals surface area contributed by atoms with Crippen molar-refractivity contribution in [3.63, 3.8) is 0 Å². The summed E-state index contributed by atoms with van der Waals surface area (Å²) < 4.78 is 0. The van der Waals surface area contributed by atoms with Gasteiger partial charge in [0, 0.05) is 30.7 Å². The average Bonchev–Trinajstić information content (AvgIpc) is 2.60. The Bertz CT molecular complexity index is 699. The molecule has 0 saturated carbocycles. The van der Waals surface area contributed by atoms with E-state index in [0.29, 0.717) is 11.6 Å². The molecular weight excluding hydrogens is 286 g/mol. The van der Waals surface area contributed by atoms with Gasteiger partial charge in [-0.05, 0) is 43.9 Å². The lowest BCUT2D eigenvalue weighted by Gasteiger charge is -2.29. The van der Waals surface area contributed by atoms with E-state index >= 15 is 0 Å². The Kier molecular flexibility index (Phi) is 4.60. The number of anilines is 2. The zero-order valence-corrected chi connectivity index (χ0v) is 13.7. The predicted molar refractivity (Wildman–Crippen MR) is 94.1 cm³/mol. The number of aromatic nitrogens is 1. The molecule has 0 aliphatic carbocycles. The molecule has 120 valence electrons. The molecule has 1 atom stereocenters. The summed E-state index contributed by atoms with van der Waals surface area (Å²) >= 11 is 0. The minimum Gasteiger partial charge on any atom is -0.381 e. The highest BCUT2D eigenvalue weighted by atomic mass is 16.2. The summed E-state index contributed by atoms with van der Waals surface area (Å²) in [4.78, 5) is 19.0. The third kappa shape index (κ3) is 3.36. The first-order chi connectivity index (χ1) is 11.2. The summed E-state index contributed by atoms with van der Waals surface area (Å²) in [5.41, 5.74) is 3.81. The Hall–Kier alpha value is -2.36. The van der Waals surface area contributed by atoms with Gasteiger partial charge in [0.1, 0.15) is 0 Å². The molecule has 0 fully saturated rings. The molecule has 0 spiro atoms. The largest absolute Gasteiger partial charge is 0.381 e. The molecule has 4 nitrogen and oxygen atoms in total. The summed E-state index contributed by atoms with van der Waals surface area (Å²) in [6.07, 6.45) is 6.49. The zero-order chi connectivity index (χ0) is 16.2. The number of nitrogens with one attached hydrogen (secondary N) is 1. The second-order valence-corrected chi connectivity index (χ2v) is 6.10. The molecule has 2 aromatic rings. The highest BCUT2D eigenvalue weighted by Crippen LogP contribution is 2.28. The molecule has 1 aliphatic rings. The molecule has 4 heteroatoms. The SMILES string of the molecule is CCC(C)Nc1cncc(C(=O)N2CCCc3ccccc32)c1. The van der Waals surface area contributed by atoms with Gasteiger partial charge < -0.3 is 10.2 Å². The maximum atomic E-state index is 12.9. The minimum absolute atomic E-state index is 0.0254. The monoisotopic (exact) mass is 309 g/mol. The van der Waals surface area contributed by atoms with E-state index in [0.717, 1.165) is 37.2 Å². The number of hydrogen-bond acceptors (Lipinski definition) is 3. The Labute approximate surface area is 137 Å². The third-order valence-electron chi connectivity index (χ3n) is 4.37. The molecule has 1 N–H and O–H groups in total. The first-order valence-corrected chi connectivity index (χ1v) is 8.30. The summed E-state index contributed by atoms with van der Waals surface area (Å²) in [5.74, 6) is 0.0254. The summed E-state index contributed by atoms with van der Waals surface area (Å²) in [5, 5.41) is 3.38. The maximum absolute atomic E-state index is 12.9. The molecule has 23 heavy (non-hydrogen) atoms. The molecular formula is C19H23N3O. The molecule has 3 rings (SSSR count). The highest BCUT2D eigenvalue weighted by molar-refractivity contribution is 6.07. The van der Waals surface area contributed by atoms with Crippen LogP contribution < -0.4 is 10.2 Å². The minimum atomic E-state index is 0.0254. The topological polar surface area (TPSA) is 45.2 Å². The Morgan fingerprint density at radius 3 is 3.00 bits per heavy atom. The van der Waals surface area contributed by atoms with E-state index in [1.165, 1.54) is 5.56 Å². The number of aryl methyl sites for hydroxylation is 1. The van der Waals surface area contributed by atoms with Gasteiger partial charge in [0.15, 0.2) is 0 Å². The summed E-state index contributed by atoms with van der Waals surface area (Å²) in [6, 6.07) is 10.4. The van der Waals surface area contributed by atoms with Gasteiger partial charge in [-0.25, -0.2) is 0 Å². The van der Waals surface area contributed by atoms with E-state index in [2.05, 4.69) is 30.2 Å². The van der Waals surface area contributed by atoms with Crippen LogP contribution in [0.3, 0.4) is 0 Å². The van der Waals surface area contributed by atoms with Gasteiger partial charge in [0.2, 0.25) is 0 Å². The van der Waals surface area contributed by atoms with Gasteiger partial charge in [0.25, 0.3) is 5.91 Å². The van der Waals surface area contributed by atoms with Gasteiger partial charge in [-0.1, -0.05) is 25.1 Å². The van der Waals surface area contributed by atoms with Gasteiger partial charge in [-0.15, -0.1) is 0 Å². The number of pyridine rings is 1. The standard InChI is InChI=1S/C19H23N3O/c1-3-14(2)21-17-11-16(12-20-13-17)19(23)22-10-6-8-15-7-4-5-9-18(15)22/h4-5,7,9,11-14,21H,3,6,8,10H2,1-2H3. The summed E-state index contributed by atoms with van der Waals surface area (Å²) in [6.45, 7) is 5.01. The first-order valence-electron chi connectivity index (χ1n) is 8.30. The first kappa shape index (κ1) is 15.5. The van der Waals surface area contributed by atoms with E-state index in [-0.39, 0.29) is 5.91 Å². The average molecular weight is 309 g/mol. The number of rotatable bonds is 4. The molecule has 0 saturated heterocycles. The van der Waals surface area contributed by atoms with Gasteiger partial charge >= 0.3 is 0 Å². The second kappa shape index (κ2) is 6.82. The van der Waals surface area contributed by atoms with E-state index < -0.39 is 0 Å². The van der Waals surface area contributed by atoms with Crippen LogP contribution in [0.2, 0.25) is 0 Å². The van der Waals surface area contributed by atoms with Crippen molar-refractivity contribution in [2.45, 2.75) is 39.2 Å².